The zero-order valence-electron chi connectivity index (χ0n) is 9.73. The summed E-state index contributed by atoms with van der Waals surface area (Å²) in [5.41, 5.74) is 0. The van der Waals surface area contributed by atoms with Gasteiger partial charge in [-0.1, -0.05) is 0 Å². The van der Waals surface area contributed by atoms with E-state index in [2.05, 4.69) is 49.8 Å². The van der Waals surface area contributed by atoms with Crippen LogP contribution >= 0.6 is 15.9 Å². The lowest BCUT2D eigenvalue weighted by Gasteiger charge is -2.36. The van der Waals surface area contributed by atoms with Gasteiger partial charge in [-0.05, 0) is 42.9 Å². The normalized spacial score (nSPS) is 21.5. The summed E-state index contributed by atoms with van der Waals surface area (Å²) < 4.78 is 0.928. The van der Waals surface area contributed by atoms with E-state index in [1.807, 2.05) is 12.4 Å². The third-order valence-electron chi connectivity index (χ3n) is 3.02. The molecule has 4 nitrogen and oxygen atoms in total. The van der Waals surface area contributed by atoms with Crippen LogP contribution in [0.2, 0.25) is 0 Å². The molecule has 1 atom stereocenters. The van der Waals surface area contributed by atoms with Gasteiger partial charge in [0.25, 0.3) is 0 Å². The summed E-state index contributed by atoms with van der Waals surface area (Å²) in [6.07, 6.45) is 6.09. The van der Waals surface area contributed by atoms with Crippen molar-refractivity contribution in [2.24, 2.45) is 0 Å². The predicted molar refractivity (Wildman–Crippen MR) is 68.7 cm³/mol. The SMILES string of the molecule is CN(C)C1CCCN(c2ncc(Br)cn2)C1. The Hall–Kier alpha value is -0.680. The molecule has 1 unspecified atom stereocenters. The standard InChI is InChI=1S/C11H17BrN4/c1-15(2)10-4-3-5-16(8-10)11-13-6-9(12)7-14-11/h6-7,10H,3-5,8H2,1-2H3. The van der Waals surface area contributed by atoms with Crippen LogP contribution in [-0.4, -0.2) is 48.1 Å². The van der Waals surface area contributed by atoms with Gasteiger partial charge in [0.05, 0.1) is 4.47 Å². The third-order valence-corrected chi connectivity index (χ3v) is 3.43. The van der Waals surface area contributed by atoms with E-state index >= 15 is 0 Å². The average molecular weight is 285 g/mol. The number of hydrogen-bond donors (Lipinski definition) is 0. The van der Waals surface area contributed by atoms with Crippen LogP contribution < -0.4 is 4.90 Å². The topological polar surface area (TPSA) is 32.3 Å². The summed E-state index contributed by atoms with van der Waals surface area (Å²) in [7, 11) is 4.27. The Balaban J connectivity index is 2.06. The second kappa shape index (κ2) is 5.10. The molecule has 2 rings (SSSR count). The Kier molecular flexibility index (Phi) is 3.76. The van der Waals surface area contributed by atoms with Gasteiger partial charge in [0.2, 0.25) is 5.95 Å². The van der Waals surface area contributed by atoms with E-state index in [9.17, 15) is 0 Å². The summed E-state index contributed by atoms with van der Waals surface area (Å²) in [4.78, 5) is 13.2. The molecule has 0 radical (unpaired) electrons. The second-order valence-electron chi connectivity index (χ2n) is 4.41. The number of anilines is 1. The van der Waals surface area contributed by atoms with Gasteiger partial charge in [-0.25, -0.2) is 9.97 Å². The van der Waals surface area contributed by atoms with E-state index in [-0.39, 0.29) is 0 Å². The maximum Gasteiger partial charge on any atom is 0.225 e. The minimum Gasteiger partial charge on any atom is -0.339 e. The van der Waals surface area contributed by atoms with Crippen molar-refractivity contribution in [3.63, 3.8) is 0 Å². The van der Waals surface area contributed by atoms with Crippen LogP contribution in [-0.2, 0) is 0 Å². The lowest BCUT2D eigenvalue weighted by molar-refractivity contribution is 0.257. The molecule has 0 N–H and O–H groups in total. The molecule has 1 aliphatic heterocycles. The van der Waals surface area contributed by atoms with Gasteiger partial charge < -0.3 is 9.80 Å². The van der Waals surface area contributed by atoms with E-state index in [1.165, 1.54) is 12.8 Å². The van der Waals surface area contributed by atoms with Crippen LogP contribution in [0.3, 0.4) is 0 Å². The van der Waals surface area contributed by atoms with Crippen LogP contribution in [0, 0.1) is 0 Å². The maximum atomic E-state index is 4.35. The lowest BCUT2D eigenvalue weighted by Crippen LogP contribution is -2.45. The van der Waals surface area contributed by atoms with Gasteiger partial charge in [0.15, 0.2) is 0 Å². The summed E-state index contributed by atoms with van der Waals surface area (Å²) in [6, 6.07) is 0.612. The van der Waals surface area contributed by atoms with E-state index in [0.717, 1.165) is 23.5 Å². The fraction of sp³-hybridized carbons (Fsp3) is 0.636. The molecule has 2 heterocycles. The fourth-order valence-corrected chi connectivity index (χ4v) is 2.23. The molecule has 0 bridgehead atoms. The lowest BCUT2D eigenvalue weighted by atomic mass is 10.1. The number of halogens is 1. The summed E-state index contributed by atoms with van der Waals surface area (Å²) in [5, 5.41) is 0. The summed E-state index contributed by atoms with van der Waals surface area (Å²) in [5.74, 6) is 0.842. The van der Waals surface area contributed by atoms with Crippen LogP contribution in [0.15, 0.2) is 16.9 Å². The van der Waals surface area contributed by atoms with Crippen molar-refractivity contribution in [3.05, 3.63) is 16.9 Å². The highest BCUT2D eigenvalue weighted by Crippen LogP contribution is 2.18. The molecule has 0 aromatic carbocycles. The Morgan fingerprint density at radius 3 is 2.69 bits per heavy atom. The largest absolute Gasteiger partial charge is 0.339 e. The predicted octanol–water partition coefficient (Wildman–Crippen LogP) is 1.77. The number of likely N-dealkylation sites (N-methyl/N-ethyl adjacent to an activating group) is 1. The summed E-state index contributed by atoms with van der Waals surface area (Å²) in [6.45, 7) is 2.08. The van der Waals surface area contributed by atoms with Crippen molar-refractivity contribution in [1.29, 1.82) is 0 Å². The minimum absolute atomic E-state index is 0.612. The zero-order chi connectivity index (χ0) is 11.5. The maximum absolute atomic E-state index is 4.35. The third kappa shape index (κ3) is 2.71. The number of hydrogen-bond acceptors (Lipinski definition) is 4. The molecule has 1 aliphatic rings. The molecule has 0 saturated carbocycles. The first kappa shape index (κ1) is 11.8. The number of rotatable bonds is 2. The minimum atomic E-state index is 0.612. The molecule has 1 saturated heterocycles. The molecule has 5 heteroatoms. The van der Waals surface area contributed by atoms with Gasteiger partial charge in [-0.2, -0.15) is 0 Å². The fourth-order valence-electron chi connectivity index (χ4n) is 2.03. The first-order valence-corrected chi connectivity index (χ1v) is 6.35. The highest BCUT2D eigenvalue weighted by atomic mass is 79.9. The van der Waals surface area contributed by atoms with Crippen molar-refractivity contribution in [3.8, 4) is 0 Å². The van der Waals surface area contributed by atoms with Crippen LogP contribution in [0.1, 0.15) is 12.8 Å². The van der Waals surface area contributed by atoms with Crippen molar-refractivity contribution in [2.75, 3.05) is 32.1 Å². The Morgan fingerprint density at radius 2 is 2.06 bits per heavy atom. The second-order valence-corrected chi connectivity index (χ2v) is 5.32. The van der Waals surface area contributed by atoms with Gasteiger partial charge in [0, 0.05) is 31.5 Å². The molecule has 1 aromatic heterocycles. The average Bonchev–Trinajstić information content (AvgIpc) is 2.30. The van der Waals surface area contributed by atoms with Crippen molar-refractivity contribution >= 4 is 21.9 Å². The summed E-state index contributed by atoms with van der Waals surface area (Å²) >= 11 is 3.35. The zero-order valence-corrected chi connectivity index (χ0v) is 11.3. The van der Waals surface area contributed by atoms with Crippen LogP contribution in [0.5, 0.6) is 0 Å². The van der Waals surface area contributed by atoms with Crippen molar-refractivity contribution < 1.29 is 0 Å². The van der Waals surface area contributed by atoms with Gasteiger partial charge in [0.1, 0.15) is 0 Å². The van der Waals surface area contributed by atoms with Gasteiger partial charge in [-0.3, -0.25) is 0 Å². The Bertz CT molecular complexity index is 338. The molecule has 1 fully saturated rings. The molecule has 0 spiro atoms. The molecule has 16 heavy (non-hydrogen) atoms. The molecule has 88 valence electrons. The molecule has 1 aromatic rings. The molecule has 0 amide bonds. The van der Waals surface area contributed by atoms with E-state index < -0.39 is 0 Å². The first-order valence-electron chi connectivity index (χ1n) is 5.56. The van der Waals surface area contributed by atoms with Crippen LogP contribution in [0.25, 0.3) is 0 Å². The highest BCUT2D eigenvalue weighted by molar-refractivity contribution is 9.10. The smallest absolute Gasteiger partial charge is 0.225 e. The monoisotopic (exact) mass is 284 g/mol. The number of piperidine rings is 1. The van der Waals surface area contributed by atoms with Gasteiger partial charge in [-0.15, -0.1) is 0 Å². The van der Waals surface area contributed by atoms with Crippen molar-refractivity contribution in [2.45, 2.75) is 18.9 Å². The quantitative estimate of drug-likeness (QED) is 0.829. The Morgan fingerprint density at radius 1 is 1.38 bits per heavy atom. The molecular weight excluding hydrogens is 268 g/mol. The van der Waals surface area contributed by atoms with E-state index in [4.69, 9.17) is 0 Å². The van der Waals surface area contributed by atoms with E-state index in [0.29, 0.717) is 6.04 Å². The van der Waals surface area contributed by atoms with Gasteiger partial charge >= 0.3 is 0 Å². The number of aromatic nitrogens is 2. The molecule has 0 aliphatic carbocycles. The Labute approximate surface area is 105 Å². The number of nitrogens with zero attached hydrogens (tertiary/aromatic N) is 4. The molecular formula is C11H17BrN4. The first-order chi connectivity index (χ1) is 7.66. The van der Waals surface area contributed by atoms with Crippen LogP contribution in [0.4, 0.5) is 5.95 Å². The van der Waals surface area contributed by atoms with E-state index in [1.54, 1.807) is 0 Å². The van der Waals surface area contributed by atoms with Crippen molar-refractivity contribution in [1.82, 2.24) is 14.9 Å². The highest BCUT2D eigenvalue weighted by Gasteiger charge is 2.22.